The second-order valence-electron chi connectivity index (χ2n) is 8.42. The van der Waals surface area contributed by atoms with Gasteiger partial charge < -0.3 is 10.1 Å². The summed E-state index contributed by atoms with van der Waals surface area (Å²) in [5.74, 6) is 0.301. The number of hydrogen-bond donors (Lipinski definition) is 1. The van der Waals surface area contributed by atoms with Crippen molar-refractivity contribution in [2.45, 2.75) is 12.8 Å². The number of carbonyl (C=O) groups excluding carboxylic acids is 3. The molecule has 6 atom stereocenters. The molecule has 0 spiro atoms. The average molecular weight is 411 g/mol. The molecule has 4 aliphatic carbocycles. The number of hydrogen-bond acceptors (Lipinski definition) is 6. The summed E-state index contributed by atoms with van der Waals surface area (Å²) in [6, 6.07) is 3.89. The monoisotopic (exact) mass is 411 g/mol. The van der Waals surface area contributed by atoms with Crippen molar-refractivity contribution < 1.29 is 24.0 Å². The molecule has 0 aromatic heterocycles. The number of amides is 3. The Labute approximate surface area is 172 Å². The van der Waals surface area contributed by atoms with Crippen LogP contribution in [0.5, 0.6) is 5.75 Å². The lowest BCUT2D eigenvalue weighted by Crippen LogP contribution is -2.40. The Morgan fingerprint density at radius 1 is 1.20 bits per heavy atom. The lowest BCUT2D eigenvalue weighted by atomic mass is 9.63. The van der Waals surface area contributed by atoms with E-state index in [1.165, 1.54) is 30.2 Å². The maximum absolute atomic E-state index is 12.9. The Morgan fingerprint density at radius 2 is 1.83 bits per heavy atom. The van der Waals surface area contributed by atoms with Crippen LogP contribution >= 0.6 is 0 Å². The van der Waals surface area contributed by atoms with E-state index in [2.05, 4.69) is 17.5 Å². The molecule has 1 aliphatic heterocycles. The summed E-state index contributed by atoms with van der Waals surface area (Å²) in [5.41, 5.74) is 0.144. The van der Waals surface area contributed by atoms with Gasteiger partial charge in [-0.1, -0.05) is 12.2 Å². The van der Waals surface area contributed by atoms with Gasteiger partial charge in [-0.2, -0.15) is 0 Å². The number of carbonyl (C=O) groups is 3. The van der Waals surface area contributed by atoms with Crippen molar-refractivity contribution in [3.63, 3.8) is 0 Å². The molecule has 2 saturated carbocycles. The minimum Gasteiger partial charge on any atom is -0.494 e. The molecule has 9 heteroatoms. The molecule has 0 radical (unpaired) electrons. The molecule has 0 unspecified atom stereocenters. The van der Waals surface area contributed by atoms with Crippen molar-refractivity contribution in [3.8, 4) is 5.75 Å². The summed E-state index contributed by atoms with van der Waals surface area (Å²) >= 11 is 0. The van der Waals surface area contributed by atoms with E-state index in [1.54, 1.807) is 0 Å². The van der Waals surface area contributed by atoms with Gasteiger partial charge in [0.05, 0.1) is 35.6 Å². The van der Waals surface area contributed by atoms with Gasteiger partial charge in [-0.05, 0) is 36.2 Å². The minimum absolute atomic E-state index is 0.0283. The third-order valence-corrected chi connectivity index (χ3v) is 6.99. The standard InChI is InChI=1S/C21H21N3O6/c1-30-16-8-10(24(28)29)2-5-15(16)22-17(25)6-7-23-20(26)18-11-3-4-12(14-9-13(11)14)19(18)21(23)27/h2-5,8,11-14,18-19H,6-7,9H2,1H3,(H,22,25)/t11-,12-,13-,14+,18+,19+/m1/s1. The predicted molar refractivity (Wildman–Crippen MR) is 104 cm³/mol. The summed E-state index contributed by atoms with van der Waals surface area (Å²) < 4.78 is 5.11. The number of likely N-dealkylation sites (tertiary alicyclic amines) is 1. The van der Waals surface area contributed by atoms with Gasteiger partial charge in [0, 0.05) is 19.0 Å². The van der Waals surface area contributed by atoms with Gasteiger partial charge in [-0.3, -0.25) is 29.4 Å². The molecule has 9 nitrogen and oxygen atoms in total. The highest BCUT2D eigenvalue weighted by Crippen LogP contribution is 2.65. The Bertz CT molecular complexity index is 968. The highest BCUT2D eigenvalue weighted by atomic mass is 16.6. The van der Waals surface area contributed by atoms with Crippen molar-refractivity contribution in [1.29, 1.82) is 0 Å². The van der Waals surface area contributed by atoms with E-state index in [0.717, 1.165) is 6.42 Å². The van der Waals surface area contributed by atoms with E-state index in [0.29, 0.717) is 17.5 Å². The maximum atomic E-state index is 12.9. The van der Waals surface area contributed by atoms with Gasteiger partial charge in [-0.25, -0.2) is 0 Å². The van der Waals surface area contributed by atoms with Crippen LogP contribution in [0, 0.1) is 45.6 Å². The Balaban J connectivity index is 1.24. The first-order valence-corrected chi connectivity index (χ1v) is 10.1. The number of methoxy groups -OCH3 is 1. The molecule has 1 saturated heterocycles. The SMILES string of the molecule is COc1cc([N+](=O)[O-])ccc1NC(=O)CCN1C(=O)[C@H]2[C@@H]3C=C[C@H]([C@@H]4C[C@H]34)[C@@H]2C1=O. The van der Waals surface area contributed by atoms with Gasteiger partial charge >= 0.3 is 0 Å². The van der Waals surface area contributed by atoms with E-state index in [1.807, 2.05) is 0 Å². The molecule has 156 valence electrons. The van der Waals surface area contributed by atoms with E-state index in [4.69, 9.17) is 4.74 Å². The van der Waals surface area contributed by atoms with Gasteiger partial charge in [0.2, 0.25) is 17.7 Å². The van der Waals surface area contributed by atoms with E-state index in [9.17, 15) is 24.5 Å². The quantitative estimate of drug-likeness (QED) is 0.331. The van der Waals surface area contributed by atoms with Gasteiger partial charge in [0.1, 0.15) is 5.75 Å². The highest BCUT2D eigenvalue weighted by Gasteiger charge is 2.66. The largest absolute Gasteiger partial charge is 0.494 e. The summed E-state index contributed by atoms with van der Waals surface area (Å²) in [6.45, 7) is 0.0283. The van der Waals surface area contributed by atoms with Crippen LogP contribution in [0.2, 0.25) is 0 Å². The zero-order chi connectivity index (χ0) is 21.2. The number of nitro groups is 1. The second-order valence-corrected chi connectivity index (χ2v) is 8.42. The summed E-state index contributed by atoms with van der Waals surface area (Å²) in [5, 5.41) is 13.5. The van der Waals surface area contributed by atoms with Gasteiger partial charge in [-0.15, -0.1) is 0 Å². The van der Waals surface area contributed by atoms with Crippen LogP contribution in [-0.4, -0.2) is 41.2 Å². The minimum atomic E-state index is -0.551. The highest BCUT2D eigenvalue weighted by molar-refractivity contribution is 6.06. The second kappa shape index (κ2) is 6.65. The zero-order valence-corrected chi connectivity index (χ0v) is 16.3. The molecule has 3 fully saturated rings. The van der Waals surface area contributed by atoms with Crippen molar-refractivity contribution >= 4 is 29.1 Å². The smallest absolute Gasteiger partial charge is 0.273 e. The summed E-state index contributed by atoms with van der Waals surface area (Å²) in [4.78, 5) is 49.9. The van der Waals surface area contributed by atoms with Crippen LogP contribution in [0.15, 0.2) is 30.4 Å². The third-order valence-electron chi connectivity index (χ3n) is 6.99. The van der Waals surface area contributed by atoms with Crippen LogP contribution in [0.3, 0.4) is 0 Å². The predicted octanol–water partition coefficient (Wildman–Crippen LogP) is 1.99. The first-order valence-electron chi connectivity index (χ1n) is 10.1. The van der Waals surface area contributed by atoms with Crippen LogP contribution in [0.25, 0.3) is 0 Å². The molecular formula is C21H21N3O6. The van der Waals surface area contributed by atoms with Crippen molar-refractivity contribution in [3.05, 3.63) is 40.5 Å². The fourth-order valence-corrected chi connectivity index (χ4v) is 5.56. The Morgan fingerprint density at radius 3 is 2.40 bits per heavy atom. The van der Waals surface area contributed by atoms with Crippen LogP contribution in [-0.2, 0) is 14.4 Å². The molecule has 1 aromatic rings. The molecular weight excluding hydrogens is 390 g/mol. The van der Waals surface area contributed by atoms with Crippen LogP contribution < -0.4 is 10.1 Å². The lowest BCUT2D eigenvalue weighted by Gasteiger charge is -2.37. The number of nitro benzene ring substituents is 1. The molecule has 1 N–H and O–H groups in total. The van der Waals surface area contributed by atoms with Crippen LogP contribution in [0.4, 0.5) is 11.4 Å². The number of benzene rings is 1. The first-order chi connectivity index (χ1) is 14.4. The van der Waals surface area contributed by atoms with Crippen molar-refractivity contribution in [1.82, 2.24) is 4.90 Å². The number of nitrogens with zero attached hydrogens (tertiary/aromatic N) is 2. The molecule has 30 heavy (non-hydrogen) atoms. The van der Waals surface area contributed by atoms with Crippen molar-refractivity contribution in [2.75, 3.05) is 19.0 Å². The van der Waals surface area contributed by atoms with E-state index >= 15 is 0 Å². The number of ether oxygens (including phenoxy) is 1. The Kier molecular flexibility index (Phi) is 4.16. The molecule has 2 bridgehead atoms. The Hall–Kier alpha value is -3.23. The van der Waals surface area contributed by atoms with Crippen molar-refractivity contribution in [2.24, 2.45) is 35.5 Å². The van der Waals surface area contributed by atoms with Gasteiger partial charge in [0.15, 0.2) is 0 Å². The van der Waals surface area contributed by atoms with Gasteiger partial charge in [0.25, 0.3) is 5.69 Å². The normalized spacial score (nSPS) is 32.6. The summed E-state index contributed by atoms with van der Waals surface area (Å²) in [6.07, 6.45) is 5.28. The lowest BCUT2D eigenvalue weighted by molar-refractivity contribution is -0.384. The van der Waals surface area contributed by atoms with Crippen LogP contribution in [0.1, 0.15) is 12.8 Å². The fourth-order valence-electron chi connectivity index (χ4n) is 5.56. The number of rotatable bonds is 6. The molecule has 1 heterocycles. The number of allylic oxidation sites excluding steroid dienone is 2. The number of imide groups is 1. The molecule has 5 aliphatic rings. The fraction of sp³-hybridized carbons (Fsp3) is 0.476. The maximum Gasteiger partial charge on any atom is 0.273 e. The number of anilines is 1. The molecule has 6 rings (SSSR count). The number of non-ortho nitro benzene ring substituents is 1. The topological polar surface area (TPSA) is 119 Å². The molecule has 1 aromatic carbocycles. The third kappa shape index (κ3) is 2.72. The molecule has 3 amide bonds. The van der Waals surface area contributed by atoms with E-state index < -0.39 is 10.8 Å². The zero-order valence-electron chi connectivity index (χ0n) is 16.3. The average Bonchev–Trinajstić information content (AvgIpc) is 3.51. The first kappa shape index (κ1) is 18.8. The number of nitrogens with one attached hydrogen (secondary N) is 1. The summed E-state index contributed by atoms with van der Waals surface area (Å²) in [7, 11) is 1.35. The van der Waals surface area contributed by atoms with E-state index in [-0.39, 0.29) is 59.9 Å².